The topological polar surface area (TPSA) is 63.3 Å². The van der Waals surface area contributed by atoms with Gasteiger partial charge in [0, 0.05) is 6.04 Å². The molecule has 1 aliphatic rings. The molecule has 2 unspecified atom stereocenters. The van der Waals surface area contributed by atoms with Crippen molar-refractivity contribution in [1.29, 1.82) is 0 Å². The van der Waals surface area contributed by atoms with Gasteiger partial charge in [0.25, 0.3) is 0 Å². The number of rotatable bonds is 1. The fourth-order valence-corrected chi connectivity index (χ4v) is 1.49. The van der Waals surface area contributed by atoms with E-state index in [4.69, 9.17) is 10.8 Å². The largest absolute Gasteiger partial charge is 0.481 e. The van der Waals surface area contributed by atoms with Crippen molar-refractivity contribution in [3.05, 3.63) is 12.2 Å². The van der Waals surface area contributed by atoms with E-state index in [2.05, 4.69) is 0 Å². The lowest BCUT2D eigenvalue weighted by molar-refractivity contribution is -0.142. The minimum absolute atomic E-state index is 0.303. The average Bonchev–Trinajstić information content (AvgIpc) is 1.96. The quantitative estimate of drug-likeness (QED) is 0.579. The zero-order valence-corrected chi connectivity index (χ0v) is 7.07. The molecule has 68 valence electrons. The molecule has 0 aliphatic heterocycles. The summed E-state index contributed by atoms with van der Waals surface area (Å²) in [4.78, 5) is 10.7. The van der Waals surface area contributed by atoms with E-state index in [0.717, 1.165) is 19.3 Å². The summed E-state index contributed by atoms with van der Waals surface area (Å²) < 4.78 is 0. The lowest BCUT2D eigenvalue weighted by Crippen LogP contribution is -2.34. The Morgan fingerprint density at radius 2 is 2.25 bits per heavy atom. The first kappa shape index (κ1) is 9.26. The summed E-state index contributed by atoms with van der Waals surface area (Å²) in [6.07, 6.45) is 7.58. The first-order chi connectivity index (χ1) is 5.72. The second-order valence-corrected chi connectivity index (χ2v) is 3.23. The lowest BCUT2D eigenvalue weighted by Gasteiger charge is -2.18. The maximum atomic E-state index is 10.7. The van der Waals surface area contributed by atoms with Gasteiger partial charge >= 0.3 is 5.97 Å². The zero-order chi connectivity index (χ0) is 8.97. The molecule has 0 amide bonds. The summed E-state index contributed by atoms with van der Waals surface area (Å²) in [6, 6.07) is -0.303. The van der Waals surface area contributed by atoms with Crippen molar-refractivity contribution in [1.82, 2.24) is 0 Å². The Balaban J connectivity index is 2.62. The molecule has 3 N–H and O–H groups in total. The number of carboxylic acids is 1. The van der Waals surface area contributed by atoms with Crippen LogP contribution < -0.4 is 5.73 Å². The van der Waals surface area contributed by atoms with Crippen molar-refractivity contribution in [2.45, 2.75) is 31.7 Å². The Labute approximate surface area is 72.3 Å². The van der Waals surface area contributed by atoms with Crippen molar-refractivity contribution >= 4 is 5.97 Å². The molecule has 0 saturated carbocycles. The first-order valence-electron chi connectivity index (χ1n) is 4.37. The highest BCUT2D eigenvalue weighted by Gasteiger charge is 2.23. The Hall–Kier alpha value is -0.830. The molecule has 12 heavy (non-hydrogen) atoms. The van der Waals surface area contributed by atoms with E-state index in [1.54, 1.807) is 0 Å². The van der Waals surface area contributed by atoms with Crippen LogP contribution in [0, 0.1) is 5.92 Å². The fourth-order valence-electron chi connectivity index (χ4n) is 1.49. The van der Waals surface area contributed by atoms with E-state index in [1.165, 1.54) is 0 Å². The predicted molar refractivity (Wildman–Crippen MR) is 46.7 cm³/mol. The molecule has 3 heteroatoms. The van der Waals surface area contributed by atoms with Gasteiger partial charge in [-0.2, -0.15) is 0 Å². The van der Waals surface area contributed by atoms with Crippen LogP contribution in [0.4, 0.5) is 0 Å². The molecule has 3 nitrogen and oxygen atoms in total. The molecule has 0 spiro atoms. The zero-order valence-electron chi connectivity index (χ0n) is 7.07. The molecule has 0 radical (unpaired) electrons. The normalized spacial score (nSPS) is 33.4. The number of hydrogen-bond acceptors (Lipinski definition) is 2. The molecular formula is C9H15NO2. The standard InChI is InChI=1S/C9H15NO2/c10-8-6-4-2-1-3-5-7(8)9(11)12/h4,6-8H,1-3,5,10H2,(H,11,12)/b6-4-. The van der Waals surface area contributed by atoms with E-state index in [1.807, 2.05) is 12.2 Å². The summed E-state index contributed by atoms with van der Waals surface area (Å²) in [5.41, 5.74) is 5.68. The van der Waals surface area contributed by atoms with E-state index in [0.29, 0.717) is 6.42 Å². The summed E-state index contributed by atoms with van der Waals surface area (Å²) in [5, 5.41) is 8.81. The van der Waals surface area contributed by atoms with Gasteiger partial charge in [0.15, 0.2) is 0 Å². The fraction of sp³-hybridized carbons (Fsp3) is 0.667. The highest BCUT2D eigenvalue weighted by Crippen LogP contribution is 2.17. The maximum absolute atomic E-state index is 10.7. The number of nitrogens with two attached hydrogens (primary N) is 1. The summed E-state index contributed by atoms with van der Waals surface area (Å²) >= 11 is 0. The highest BCUT2D eigenvalue weighted by atomic mass is 16.4. The van der Waals surface area contributed by atoms with Gasteiger partial charge in [0.05, 0.1) is 5.92 Å². The van der Waals surface area contributed by atoms with Crippen LogP contribution in [0.25, 0.3) is 0 Å². The third-order valence-electron chi connectivity index (χ3n) is 2.28. The van der Waals surface area contributed by atoms with Crippen molar-refractivity contribution in [2.75, 3.05) is 0 Å². The van der Waals surface area contributed by atoms with Crippen LogP contribution in [0.1, 0.15) is 25.7 Å². The van der Waals surface area contributed by atoms with Gasteiger partial charge in [-0.25, -0.2) is 0 Å². The van der Waals surface area contributed by atoms with Crippen LogP contribution in [0.5, 0.6) is 0 Å². The Morgan fingerprint density at radius 3 is 2.92 bits per heavy atom. The molecule has 0 saturated heterocycles. The van der Waals surface area contributed by atoms with Crippen LogP contribution in [0.3, 0.4) is 0 Å². The van der Waals surface area contributed by atoms with Gasteiger partial charge in [-0.05, 0) is 19.3 Å². The van der Waals surface area contributed by atoms with Crippen LogP contribution >= 0.6 is 0 Å². The molecule has 0 aromatic heterocycles. The Kier molecular flexibility index (Phi) is 3.29. The van der Waals surface area contributed by atoms with Gasteiger partial charge in [0.2, 0.25) is 0 Å². The third-order valence-corrected chi connectivity index (χ3v) is 2.28. The third kappa shape index (κ3) is 2.34. The van der Waals surface area contributed by atoms with Gasteiger partial charge in [0.1, 0.15) is 0 Å². The van der Waals surface area contributed by atoms with Gasteiger partial charge in [-0.1, -0.05) is 18.6 Å². The summed E-state index contributed by atoms with van der Waals surface area (Å²) in [7, 11) is 0. The average molecular weight is 169 g/mol. The Bertz CT molecular complexity index is 189. The minimum atomic E-state index is -0.769. The molecule has 2 atom stereocenters. The highest BCUT2D eigenvalue weighted by molar-refractivity contribution is 5.71. The molecule has 1 rings (SSSR count). The monoisotopic (exact) mass is 169 g/mol. The van der Waals surface area contributed by atoms with Crippen LogP contribution in [0.15, 0.2) is 12.2 Å². The maximum Gasteiger partial charge on any atom is 0.308 e. The molecule has 1 aliphatic carbocycles. The summed E-state index contributed by atoms with van der Waals surface area (Å²) in [6.45, 7) is 0. The molecular weight excluding hydrogens is 154 g/mol. The van der Waals surface area contributed by atoms with Gasteiger partial charge < -0.3 is 10.8 Å². The van der Waals surface area contributed by atoms with Gasteiger partial charge in [-0.3, -0.25) is 4.79 Å². The smallest absolute Gasteiger partial charge is 0.308 e. The molecule has 0 heterocycles. The number of carboxylic acid groups (broad SMARTS) is 1. The first-order valence-corrected chi connectivity index (χ1v) is 4.37. The SMILES string of the molecule is NC1/C=C\CCCCC1C(=O)O. The number of carbonyl (C=O) groups is 1. The molecule has 0 bridgehead atoms. The van der Waals surface area contributed by atoms with E-state index in [-0.39, 0.29) is 12.0 Å². The minimum Gasteiger partial charge on any atom is -0.481 e. The van der Waals surface area contributed by atoms with E-state index >= 15 is 0 Å². The Morgan fingerprint density at radius 1 is 1.50 bits per heavy atom. The predicted octanol–water partition coefficient (Wildman–Crippen LogP) is 1.14. The number of allylic oxidation sites excluding steroid dienone is 1. The molecule has 0 aromatic rings. The second kappa shape index (κ2) is 4.26. The van der Waals surface area contributed by atoms with Crippen LogP contribution in [-0.4, -0.2) is 17.1 Å². The van der Waals surface area contributed by atoms with Crippen molar-refractivity contribution < 1.29 is 9.90 Å². The van der Waals surface area contributed by atoms with Crippen LogP contribution in [-0.2, 0) is 4.79 Å². The number of aliphatic carboxylic acids is 1. The molecule has 0 aromatic carbocycles. The van der Waals surface area contributed by atoms with E-state index < -0.39 is 5.97 Å². The summed E-state index contributed by atoms with van der Waals surface area (Å²) in [5.74, 6) is -1.16. The van der Waals surface area contributed by atoms with Crippen molar-refractivity contribution in [3.63, 3.8) is 0 Å². The van der Waals surface area contributed by atoms with Gasteiger partial charge in [-0.15, -0.1) is 0 Å². The van der Waals surface area contributed by atoms with Crippen LogP contribution in [0.2, 0.25) is 0 Å². The molecule has 0 fully saturated rings. The lowest BCUT2D eigenvalue weighted by atomic mass is 9.91. The van der Waals surface area contributed by atoms with Crippen molar-refractivity contribution in [2.24, 2.45) is 11.7 Å². The number of hydrogen-bond donors (Lipinski definition) is 2. The second-order valence-electron chi connectivity index (χ2n) is 3.23. The van der Waals surface area contributed by atoms with Crippen molar-refractivity contribution in [3.8, 4) is 0 Å². The van der Waals surface area contributed by atoms with E-state index in [9.17, 15) is 4.79 Å².